The van der Waals surface area contributed by atoms with Crippen LogP contribution >= 0.6 is 34.7 Å². The van der Waals surface area contributed by atoms with Crippen LogP contribution in [0.4, 0.5) is 0 Å². The Labute approximate surface area is 111 Å². The van der Waals surface area contributed by atoms with Gasteiger partial charge in [-0.1, -0.05) is 11.6 Å². The summed E-state index contributed by atoms with van der Waals surface area (Å²) in [5, 5.41) is 6.72. The predicted molar refractivity (Wildman–Crippen MR) is 75.8 cm³/mol. The molecule has 90 valence electrons. The molecule has 2 rings (SSSR count). The summed E-state index contributed by atoms with van der Waals surface area (Å²) in [6.07, 6.45) is 6.20. The highest BCUT2D eigenvalue weighted by atomic mass is 35.5. The minimum Gasteiger partial charge on any atom is -0.307 e. The molecule has 1 fully saturated rings. The quantitative estimate of drug-likeness (QED) is 0.877. The molecule has 3 atom stereocenters. The van der Waals surface area contributed by atoms with E-state index >= 15 is 0 Å². The first-order valence-electron chi connectivity index (χ1n) is 5.72. The lowest BCUT2D eigenvalue weighted by Crippen LogP contribution is -2.29. The molecular formula is C12H18ClNS2. The minimum atomic E-state index is 0.425. The van der Waals surface area contributed by atoms with Crippen molar-refractivity contribution in [3.05, 3.63) is 21.3 Å². The van der Waals surface area contributed by atoms with Gasteiger partial charge in [0.25, 0.3) is 0 Å². The van der Waals surface area contributed by atoms with E-state index in [0.717, 1.165) is 9.59 Å². The van der Waals surface area contributed by atoms with Gasteiger partial charge in [-0.3, -0.25) is 0 Å². The maximum atomic E-state index is 5.95. The molecular weight excluding hydrogens is 258 g/mol. The lowest BCUT2D eigenvalue weighted by atomic mass is 10.1. The average molecular weight is 276 g/mol. The molecule has 0 bridgehead atoms. The maximum Gasteiger partial charge on any atom is 0.0931 e. The van der Waals surface area contributed by atoms with Crippen LogP contribution in [0.1, 0.15) is 37.8 Å². The van der Waals surface area contributed by atoms with Crippen LogP contribution in [0.15, 0.2) is 11.4 Å². The maximum absolute atomic E-state index is 5.95. The molecule has 0 saturated heterocycles. The van der Waals surface area contributed by atoms with E-state index in [1.165, 1.54) is 24.8 Å². The summed E-state index contributed by atoms with van der Waals surface area (Å²) in [7, 11) is 0. The highest BCUT2D eigenvalue weighted by molar-refractivity contribution is 7.99. The van der Waals surface area contributed by atoms with Crippen LogP contribution in [0.5, 0.6) is 0 Å². The lowest BCUT2D eigenvalue weighted by molar-refractivity contribution is 0.463. The van der Waals surface area contributed by atoms with Crippen LogP contribution in [-0.4, -0.2) is 17.5 Å². The fourth-order valence-corrected chi connectivity index (χ4v) is 4.09. The van der Waals surface area contributed by atoms with Gasteiger partial charge in [-0.2, -0.15) is 11.8 Å². The molecule has 0 aromatic carbocycles. The van der Waals surface area contributed by atoms with Gasteiger partial charge < -0.3 is 5.32 Å². The van der Waals surface area contributed by atoms with Crippen molar-refractivity contribution in [2.75, 3.05) is 6.26 Å². The summed E-state index contributed by atoms with van der Waals surface area (Å²) >= 11 is 9.58. The molecule has 1 aliphatic carbocycles. The summed E-state index contributed by atoms with van der Waals surface area (Å²) in [5.41, 5.74) is 1.32. The van der Waals surface area contributed by atoms with Gasteiger partial charge in [0.1, 0.15) is 0 Å². The summed E-state index contributed by atoms with van der Waals surface area (Å²) in [6.45, 7) is 2.23. The Morgan fingerprint density at radius 2 is 2.38 bits per heavy atom. The van der Waals surface area contributed by atoms with Gasteiger partial charge in [0.15, 0.2) is 0 Å². The van der Waals surface area contributed by atoms with Gasteiger partial charge in [0, 0.05) is 17.3 Å². The number of nitrogens with one attached hydrogen (secondary N) is 1. The van der Waals surface area contributed by atoms with E-state index in [1.54, 1.807) is 11.3 Å². The highest BCUT2D eigenvalue weighted by Gasteiger charge is 2.25. The van der Waals surface area contributed by atoms with Crippen molar-refractivity contribution in [3.63, 3.8) is 0 Å². The molecule has 16 heavy (non-hydrogen) atoms. The van der Waals surface area contributed by atoms with Crippen molar-refractivity contribution in [2.45, 2.75) is 43.5 Å². The highest BCUT2D eigenvalue weighted by Crippen LogP contribution is 2.31. The van der Waals surface area contributed by atoms with Crippen LogP contribution in [0, 0.1) is 0 Å². The third kappa shape index (κ3) is 3.16. The van der Waals surface area contributed by atoms with Crippen molar-refractivity contribution in [2.24, 2.45) is 0 Å². The van der Waals surface area contributed by atoms with Gasteiger partial charge >= 0.3 is 0 Å². The normalized spacial score (nSPS) is 27.2. The molecule has 4 heteroatoms. The summed E-state index contributed by atoms with van der Waals surface area (Å²) < 4.78 is 0.886. The van der Waals surface area contributed by atoms with Crippen LogP contribution in [-0.2, 0) is 0 Å². The fourth-order valence-electron chi connectivity index (χ4n) is 2.31. The zero-order valence-corrected chi connectivity index (χ0v) is 12.1. The van der Waals surface area contributed by atoms with E-state index in [-0.39, 0.29) is 0 Å². The van der Waals surface area contributed by atoms with Crippen molar-refractivity contribution in [1.29, 1.82) is 0 Å². The third-order valence-corrected chi connectivity index (χ3v) is 5.50. The van der Waals surface area contributed by atoms with E-state index in [1.807, 2.05) is 11.8 Å². The minimum absolute atomic E-state index is 0.425. The smallest absolute Gasteiger partial charge is 0.0931 e. The van der Waals surface area contributed by atoms with Crippen molar-refractivity contribution >= 4 is 34.7 Å². The molecule has 0 aliphatic heterocycles. The molecule has 0 amide bonds. The lowest BCUT2D eigenvalue weighted by Gasteiger charge is -2.18. The molecule has 1 aliphatic rings. The standard InChI is InChI=1S/C12H18ClNS2/c1-8(9-5-12(13)16-7-9)14-10-3-4-11(6-10)15-2/h5,7-8,10-11,14H,3-4,6H2,1-2H3. The number of hydrogen-bond donors (Lipinski definition) is 1. The number of thiophene rings is 1. The van der Waals surface area contributed by atoms with E-state index in [0.29, 0.717) is 12.1 Å². The molecule has 1 N–H and O–H groups in total. The van der Waals surface area contributed by atoms with E-state index in [4.69, 9.17) is 11.6 Å². The van der Waals surface area contributed by atoms with E-state index < -0.39 is 0 Å². The first-order valence-corrected chi connectivity index (χ1v) is 8.26. The Balaban J connectivity index is 1.86. The van der Waals surface area contributed by atoms with Crippen LogP contribution in [0.25, 0.3) is 0 Å². The second-order valence-corrected chi connectivity index (χ2v) is 7.12. The fraction of sp³-hybridized carbons (Fsp3) is 0.667. The zero-order valence-electron chi connectivity index (χ0n) is 9.70. The molecule has 1 saturated carbocycles. The number of thioether (sulfide) groups is 1. The molecule has 1 heterocycles. The Morgan fingerprint density at radius 1 is 1.56 bits per heavy atom. The van der Waals surface area contributed by atoms with Crippen molar-refractivity contribution in [3.8, 4) is 0 Å². The van der Waals surface area contributed by atoms with E-state index in [2.05, 4.69) is 29.9 Å². The van der Waals surface area contributed by atoms with Gasteiger partial charge in [-0.25, -0.2) is 0 Å². The number of hydrogen-bond acceptors (Lipinski definition) is 3. The van der Waals surface area contributed by atoms with Gasteiger partial charge in [-0.15, -0.1) is 11.3 Å². The Morgan fingerprint density at radius 3 is 2.94 bits per heavy atom. The molecule has 1 aromatic rings. The van der Waals surface area contributed by atoms with Crippen LogP contribution < -0.4 is 5.32 Å². The number of halogens is 1. The summed E-state index contributed by atoms with van der Waals surface area (Å²) in [4.78, 5) is 0. The molecule has 0 spiro atoms. The van der Waals surface area contributed by atoms with Gasteiger partial charge in [-0.05, 0) is 49.5 Å². The van der Waals surface area contributed by atoms with E-state index in [9.17, 15) is 0 Å². The first kappa shape index (κ1) is 12.7. The monoisotopic (exact) mass is 275 g/mol. The largest absolute Gasteiger partial charge is 0.307 e. The first-order chi connectivity index (χ1) is 7.69. The van der Waals surface area contributed by atoms with Crippen LogP contribution in [0.3, 0.4) is 0 Å². The van der Waals surface area contributed by atoms with Crippen molar-refractivity contribution in [1.82, 2.24) is 5.32 Å². The molecule has 0 radical (unpaired) electrons. The van der Waals surface area contributed by atoms with Crippen molar-refractivity contribution < 1.29 is 0 Å². The Kier molecular flexibility index (Phi) is 4.59. The molecule has 3 unspecified atom stereocenters. The Hall–Kier alpha value is 0.300. The second kappa shape index (κ2) is 5.76. The topological polar surface area (TPSA) is 12.0 Å². The zero-order chi connectivity index (χ0) is 11.5. The van der Waals surface area contributed by atoms with Crippen LogP contribution in [0.2, 0.25) is 4.34 Å². The summed E-state index contributed by atoms with van der Waals surface area (Å²) in [5.74, 6) is 0. The second-order valence-electron chi connectivity index (χ2n) is 4.44. The average Bonchev–Trinajstić information content (AvgIpc) is 2.87. The molecule has 1 aromatic heterocycles. The third-order valence-electron chi connectivity index (χ3n) is 3.29. The predicted octanol–water partition coefficient (Wildman–Crippen LogP) is 4.34. The Bertz CT molecular complexity index is 340. The summed E-state index contributed by atoms with van der Waals surface area (Å²) in [6, 6.07) is 3.19. The van der Waals surface area contributed by atoms with Gasteiger partial charge in [0.2, 0.25) is 0 Å². The number of rotatable bonds is 4. The molecule has 1 nitrogen and oxygen atoms in total. The van der Waals surface area contributed by atoms with Gasteiger partial charge in [0.05, 0.1) is 4.34 Å². The SMILES string of the molecule is CSC1CCC(NC(C)c2csc(Cl)c2)C1.